The summed E-state index contributed by atoms with van der Waals surface area (Å²) in [7, 11) is -0.184. The highest BCUT2D eigenvalue weighted by molar-refractivity contribution is 7.92. The van der Waals surface area contributed by atoms with Gasteiger partial charge in [-0.05, 0) is 61.3 Å². The Morgan fingerprint density at radius 3 is 2.47 bits per heavy atom. The van der Waals surface area contributed by atoms with Gasteiger partial charge >= 0.3 is 0 Å². The van der Waals surface area contributed by atoms with Crippen molar-refractivity contribution in [3.63, 3.8) is 0 Å². The fraction of sp³-hybridized carbons (Fsp3) is 0.593. The number of rotatable bonds is 6. The lowest BCUT2D eigenvalue weighted by molar-refractivity contribution is -0.128. The van der Waals surface area contributed by atoms with Gasteiger partial charge in [-0.3, -0.25) is 14.6 Å². The SMILES string of the molecule is Cc1cc(CC(=O)N(C)C)ccc1/C=C/S(=O)(=O)N1CCC2(CC1)N=C(C1CCC(C)CC1)NC2=O. The molecule has 2 amide bonds. The van der Waals surface area contributed by atoms with Crippen molar-refractivity contribution >= 4 is 33.7 Å². The van der Waals surface area contributed by atoms with Gasteiger partial charge in [0.2, 0.25) is 15.9 Å². The van der Waals surface area contributed by atoms with E-state index in [0.29, 0.717) is 25.2 Å². The quantitative estimate of drug-likeness (QED) is 0.631. The number of amidine groups is 1. The van der Waals surface area contributed by atoms with Crippen molar-refractivity contribution in [3.05, 3.63) is 40.3 Å². The van der Waals surface area contributed by atoms with Gasteiger partial charge in [0.1, 0.15) is 11.4 Å². The molecule has 2 fully saturated rings. The second kappa shape index (κ2) is 10.5. The third kappa shape index (κ3) is 5.72. The number of aryl methyl sites for hydroxylation is 1. The normalized spacial score (nSPS) is 24.7. The molecule has 0 radical (unpaired) electrons. The van der Waals surface area contributed by atoms with Crippen molar-refractivity contribution in [3.8, 4) is 0 Å². The highest BCUT2D eigenvalue weighted by atomic mass is 32.2. The first kappa shape index (κ1) is 26.5. The third-order valence-corrected chi connectivity index (χ3v) is 9.48. The summed E-state index contributed by atoms with van der Waals surface area (Å²) in [4.78, 5) is 31.2. The highest BCUT2D eigenvalue weighted by Crippen LogP contribution is 2.36. The number of benzene rings is 1. The Hall–Kier alpha value is -2.52. The van der Waals surface area contributed by atoms with Crippen molar-refractivity contribution in [2.75, 3.05) is 27.2 Å². The van der Waals surface area contributed by atoms with Crippen LogP contribution in [-0.2, 0) is 26.0 Å². The second-order valence-corrected chi connectivity index (χ2v) is 12.7. The van der Waals surface area contributed by atoms with Crippen molar-refractivity contribution < 1.29 is 18.0 Å². The summed E-state index contributed by atoms with van der Waals surface area (Å²) in [5.74, 6) is 1.79. The number of nitrogens with one attached hydrogen (secondary N) is 1. The monoisotopic (exact) mass is 514 g/mol. The minimum atomic E-state index is -3.63. The van der Waals surface area contributed by atoms with Gasteiger partial charge in [0.25, 0.3) is 5.91 Å². The molecule has 0 unspecified atom stereocenters. The van der Waals surface area contributed by atoms with E-state index in [2.05, 4.69) is 12.2 Å². The summed E-state index contributed by atoms with van der Waals surface area (Å²) >= 11 is 0. The van der Waals surface area contributed by atoms with Crippen LogP contribution in [0.2, 0.25) is 0 Å². The van der Waals surface area contributed by atoms with E-state index in [1.807, 2.05) is 25.1 Å². The number of amides is 2. The van der Waals surface area contributed by atoms with Crippen LogP contribution in [0.15, 0.2) is 28.6 Å². The van der Waals surface area contributed by atoms with Crippen LogP contribution in [0, 0.1) is 18.8 Å². The van der Waals surface area contributed by atoms with Crippen molar-refractivity contribution in [1.82, 2.24) is 14.5 Å². The highest BCUT2D eigenvalue weighted by Gasteiger charge is 2.48. The zero-order valence-corrected chi connectivity index (χ0v) is 22.6. The van der Waals surface area contributed by atoms with Crippen molar-refractivity contribution in [1.29, 1.82) is 0 Å². The lowest BCUT2D eigenvalue weighted by Gasteiger charge is -2.34. The van der Waals surface area contributed by atoms with E-state index in [4.69, 9.17) is 4.99 Å². The molecular weight excluding hydrogens is 476 g/mol. The molecule has 3 aliphatic rings. The van der Waals surface area contributed by atoms with E-state index in [1.165, 1.54) is 9.71 Å². The average molecular weight is 515 g/mol. The number of hydrogen-bond acceptors (Lipinski definition) is 5. The molecule has 0 bridgehead atoms. The summed E-state index contributed by atoms with van der Waals surface area (Å²) < 4.78 is 27.5. The third-order valence-electron chi connectivity index (χ3n) is 7.92. The molecule has 4 rings (SSSR count). The van der Waals surface area contributed by atoms with E-state index >= 15 is 0 Å². The van der Waals surface area contributed by atoms with Crippen molar-refractivity contribution in [2.45, 2.75) is 64.3 Å². The molecule has 1 spiro atoms. The van der Waals surface area contributed by atoms with Gasteiger partial charge in [0.05, 0.1) is 6.42 Å². The Labute approximate surface area is 214 Å². The summed E-state index contributed by atoms with van der Waals surface area (Å²) in [6, 6.07) is 5.61. The zero-order chi connectivity index (χ0) is 26.1. The molecule has 0 atom stereocenters. The Kier molecular flexibility index (Phi) is 7.71. The van der Waals surface area contributed by atoms with Gasteiger partial charge < -0.3 is 10.2 Å². The molecule has 0 aromatic heterocycles. The van der Waals surface area contributed by atoms with Gasteiger partial charge in [0, 0.05) is 38.5 Å². The molecule has 1 aliphatic carbocycles. The number of piperidine rings is 1. The van der Waals surface area contributed by atoms with Gasteiger partial charge in [-0.1, -0.05) is 38.0 Å². The molecule has 196 valence electrons. The Morgan fingerprint density at radius 2 is 1.86 bits per heavy atom. The molecule has 1 saturated heterocycles. The topological polar surface area (TPSA) is 99.2 Å². The minimum Gasteiger partial charge on any atom is -0.349 e. The fourth-order valence-electron chi connectivity index (χ4n) is 5.33. The van der Waals surface area contributed by atoms with Crippen molar-refractivity contribution in [2.24, 2.45) is 16.8 Å². The summed E-state index contributed by atoms with van der Waals surface area (Å²) in [5.41, 5.74) is 1.76. The number of aliphatic imine (C=N–C) groups is 1. The van der Waals surface area contributed by atoms with Crippen LogP contribution < -0.4 is 5.32 Å². The molecule has 1 aromatic carbocycles. The predicted molar refractivity (Wildman–Crippen MR) is 142 cm³/mol. The van der Waals surface area contributed by atoms with Crippen LogP contribution in [0.5, 0.6) is 0 Å². The second-order valence-electron chi connectivity index (χ2n) is 10.8. The fourth-order valence-corrected chi connectivity index (χ4v) is 6.51. The van der Waals surface area contributed by atoms with Crippen LogP contribution in [0.3, 0.4) is 0 Å². The first-order valence-electron chi connectivity index (χ1n) is 12.9. The number of likely N-dealkylation sites (N-methyl/N-ethyl adjacent to an activating group) is 1. The smallest absolute Gasteiger partial charge is 0.253 e. The molecule has 9 heteroatoms. The van der Waals surface area contributed by atoms with E-state index in [-0.39, 0.29) is 24.9 Å². The standard InChI is InChI=1S/C27H38N4O4S/c1-19-5-8-23(9-6-19)25-28-26(33)27(29-25)12-14-31(15-13-27)36(34,35)16-11-22-10-7-21(17-20(22)2)18-24(32)30(3)4/h7,10-11,16-17,19,23H,5-6,8-9,12-15,18H2,1-4H3,(H,28,29,33)/b16-11+. The van der Waals surface area contributed by atoms with Crippen LogP contribution in [0.25, 0.3) is 6.08 Å². The Morgan fingerprint density at radius 1 is 1.19 bits per heavy atom. The predicted octanol–water partition coefficient (Wildman–Crippen LogP) is 3.12. The van der Waals surface area contributed by atoms with Crippen LogP contribution in [-0.4, -0.2) is 68.0 Å². The number of carbonyl (C=O) groups excluding carboxylic acids is 2. The zero-order valence-electron chi connectivity index (χ0n) is 21.8. The van der Waals surface area contributed by atoms with Gasteiger partial charge in [-0.15, -0.1) is 0 Å². The summed E-state index contributed by atoms with van der Waals surface area (Å²) in [5, 5.41) is 4.27. The van der Waals surface area contributed by atoms with E-state index in [1.54, 1.807) is 25.1 Å². The van der Waals surface area contributed by atoms with Crippen LogP contribution >= 0.6 is 0 Å². The Balaban J connectivity index is 1.39. The molecule has 36 heavy (non-hydrogen) atoms. The van der Waals surface area contributed by atoms with Crippen LogP contribution in [0.1, 0.15) is 62.1 Å². The number of nitrogens with zero attached hydrogens (tertiary/aromatic N) is 3. The van der Waals surface area contributed by atoms with E-state index in [0.717, 1.165) is 54.1 Å². The first-order chi connectivity index (χ1) is 17.0. The van der Waals surface area contributed by atoms with Gasteiger partial charge in [-0.25, -0.2) is 8.42 Å². The first-order valence-corrected chi connectivity index (χ1v) is 14.4. The Bertz CT molecular complexity index is 1170. The lowest BCUT2D eigenvalue weighted by atomic mass is 9.82. The minimum absolute atomic E-state index is 0.0175. The molecule has 1 N–H and O–H groups in total. The number of sulfonamides is 1. The molecule has 2 aliphatic heterocycles. The maximum absolute atomic E-state index is 13.0. The lowest BCUT2D eigenvalue weighted by Crippen LogP contribution is -2.50. The number of hydrogen-bond donors (Lipinski definition) is 1. The van der Waals surface area contributed by atoms with E-state index in [9.17, 15) is 18.0 Å². The largest absolute Gasteiger partial charge is 0.349 e. The maximum atomic E-state index is 13.0. The molecule has 8 nitrogen and oxygen atoms in total. The molecule has 1 saturated carbocycles. The van der Waals surface area contributed by atoms with Gasteiger partial charge in [0.15, 0.2) is 0 Å². The molecule has 1 aromatic rings. The summed E-state index contributed by atoms with van der Waals surface area (Å²) in [6.45, 7) is 4.70. The summed E-state index contributed by atoms with van der Waals surface area (Å²) in [6.07, 6.45) is 7.11. The van der Waals surface area contributed by atoms with Gasteiger partial charge in [-0.2, -0.15) is 4.31 Å². The molecular formula is C27H38N4O4S. The maximum Gasteiger partial charge on any atom is 0.253 e. The molecule has 2 heterocycles. The van der Waals surface area contributed by atoms with Crippen LogP contribution in [0.4, 0.5) is 0 Å². The van der Waals surface area contributed by atoms with E-state index < -0.39 is 15.6 Å². The number of carbonyl (C=O) groups is 2. The average Bonchev–Trinajstić information content (AvgIpc) is 3.14.